The maximum atomic E-state index is 10.8. The molecule has 0 radical (unpaired) electrons. The number of hydrogen-bond donors (Lipinski definition) is 2. The van der Waals surface area contributed by atoms with Crippen LogP contribution in [0.1, 0.15) is 32.1 Å². The summed E-state index contributed by atoms with van der Waals surface area (Å²) in [5, 5.41) is 17.5. The monoisotopic (exact) mass is 292 g/mol. The van der Waals surface area contributed by atoms with Crippen molar-refractivity contribution < 1.29 is 29.3 Å². The Kier molecular flexibility index (Phi) is 10.4. The van der Waals surface area contributed by atoms with E-state index in [9.17, 15) is 9.59 Å². The summed E-state index contributed by atoms with van der Waals surface area (Å²) >= 11 is 0. The Morgan fingerprint density at radius 1 is 1.11 bits per heavy atom. The van der Waals surface area contributed by atoms with Gasteiger partial charge in [-0.25, -0.2) is 0 Å². The maximum absolute atomic E-state index is 10.8. The standard InChI is InChI=1S/C12H24O6Si/c1-17-12(18-2)19-7-5-3-4-6-9(11(15)16)8-10(13)14/h9,12H,3-8,19H2,1-2H3,(H,13,14)(H,15,16). The molecule has 2 N–H and O–H groups in total. The third-order valence-corrected chi connectivity index (χ3v) is 5.08. The number of rotatable bonds is 12. The number of hydrogen-bond acceptors (Lipinski definition) is 4. The van der Waals surface area contributed by atoms with Crippen LogP contribution in [-0.2, 0) is 19.1 Å². The van der Waals surface area contributed by atoms with Gasteiger partial charge < -0.3 is 19.7 Å². The highest BCUT2D eigenvalue weighted by Gasteiger charge is 2.20. The van der Waals surface area contributed by atoms with E-state index in [2.05, 4.69) is 0 Å². The first kappa shape index (κ1) is 18.1. The van der Waals surface area contributed by atoms with Crippen LogP contribution in [0.4, 0.5) is 0 Å². The molecule has 0 saturated heterocycles. The van der Waals surface area contributed by atoms with Crippen LogP contribution in [0, 0.1) is 5.92 Å². The van der Waals surface area contributed by atoms with E-state index in [1.54, 1.807) is 14.2 Å². The molecule has 0 aliphatic rings. The van der Waals surface area contributed by atoms with Crippen LogP contribution >= 0.6 is 0 Å². The number of carboxylic acid groups (broad SMARTS) is 2. The number of methoxy groups -OCH3 is 2. The third kappa shape index (κ3) is 9.63. The summed E-state index contributed by atoms with van der Waals surface area (Å²) in [7, 11) is 2.85. The van der Waals surface area contributed by atoms with E-state index in [1.807, 2.05) is 0 Å². The van der Waals surface area contributed by atoms with Gasteiger partial charge in [0, 0.05) is 14.2 Å². The average Bonchev–Trinajstić information content (AvgIpc) is 2.36. The zero-order chi connectivity index (χ0) is 14.7. The Balaban J connectivity index is 3.66. The van der Waals surface area contributed by atoms with Crippen LogP contribution in [-0.4, -0.2) is 51.8 Å². The fourth-order valence-corrected chi connectivity index (χ4v) is 3.36. The molecule has 0 heterocycles. The van der Waals surface area contributed by atoms with E-state index in [1.165, 1.54) is 0 Å². The molecule has 1 atom stereocenters. The summed E-state index contributed by atoms with van der Waals surface area (Å²) in [6.07, 6.45) is 2.84. The lowest BCUT2D eigenvalue weighted by Gasteiger charge is -2.12. The molecule has 0 amide bonds. The Bertz CT molecular complexity index is 267. The minimum atomic E-state index is -1.05. The van der Waals surface area contributed by atoms with Crippen molar-refractivity contribution in [3.63, 3.8) is 0 Å². The fraction of sp³-hybridized carbons (Fsp3) is 0.833. The number of ether oxygens (including phenoxy) is 2. The Hall–Kier alpha value is -0.923. The van der Waals surface area contributed by atoms with Crippen molar-refractivity contribution in [2.75, 3.05) is 14.2 Å². The molecule has 6 nitrogen and oxygen atoms in total. The predicted molar refractivity (Wildman–Crippen MR) is 73.0 cm³/mol. The van der Waals surface area contributed by atoms with Gasteiger partial charge in [0.1, 0.15) is 5.91 Å². The number of aliphatic carboxylic acids is 2. The fourth-order valence-electron chi connectivity index (χ4n) is 1.91. The average molecular weight is 292 g/mol. The van der Waals surface area contributed by atoms with Gasteiger partial charge in [-0.05, 0) is 6.42 Å². The zero-order valence-corrected chi connectivity index (χ0v) is 13.0. The van der Waals surface area contributed by atoms with Crippen LogP contribution in [0.2, 0.25) is 6.04 Å². The van der Waals surface area contributed by atoms with Crippen LogP contribution in [0.5, 0.6) is 0 Å². The van der Waals surface area contributed by atoms with Crippen LogP contribution in [0.15, 0.2) is 0 Å². The van der Waals surface area contributed by atoms with E-state index in [-0.39, 0.29) is 12.3 Å². The molecule has 0 rings (SSSR count). The Morgan fingerprint density at radius 3 is 2.21 bits per heavy atom. The van der Waals surface area contributed by atoms with Crippen molar-refractivity contribution in [3.05, 3.63) is 0 Å². The quantitative estimate of drug-likeness (QED) is 0.315. The smallest absolute Gasteiger partial charge is 0.307 e. The van der Waals surface area contributed by atoms with Gasteiger partial charge >= 0.3 is 11.9 Å². The van der Waals surface area contributed by atoms with E-state index in [4.69, 9.17) is 19.7 Å². The summed E-state index contributed by atoms with van der Waals surface area (Å²) in [5.74, 6) is -2.88. The highest BCUT2D eigenvalue weighted by atomic mass is 28.2. The highest BCUT2D eigenvalue weighted by Crippen LogP contribution is 2.15. The summed E-state index contributed by atoms with van der Waals surface area (Å²) < 4.78 is 10.2. The molecule has 1 unspecified atom stereocenters. The van der Waals surface area contributed by atoms with Crippen molar-refractivity contribution in [3.8, 4) is 0 Å². The molecule has 0 aromatic carbocycles. The minimum Gasteiger partial charge on any atom is -0.481 e. The predicted octanol–water partition coefficient (Wildman–Crippen LogP) is 0.886. The number of unbranched alkanes of at least 4 members (excludes halogenated alkanes) is 2. The van der Waals surface area contributed by atoms with E-state index < -0.39 is 27.4 Å². The molecule has 0 aliphatic heterocycles. The van der Waals surface area contributed by atoms with Crippen molar-refractivity contribution >= 4 is 21.5 Å². The lowest BCUT2D eigenvalue weighted by Crippen LogP contribution is -2.21. The summed E-state index contributed by atoms with van der Waals surface area (Å²) in [4.78, 5) is 21.3. The molecular formula is C12H24O6Si. The van der Waals surface area contributed by atoms with Crippen molar-refractivity contribution in [2.45, 2.75) is 44.1 Å². The second kappa shape index (κ2) is 11.0. The van der Waals surface area contributed by atoms with Gasteiger partial charge in [0.05, 0.1) is 21.9 Å². The molecule has 7 heteroatoms. The van der Waals surface area contributed by atoms with E-state index in [0.29, 0.717) is 6.42 Å². The normalized spacial score (nSPS) is 13.2. The molecule has 0 aromatic heterocycles. The molecule has 0 saturated carbocycles. The van der Waals surface area contributed by atoms with E-state index >= 15 is 0 Å². The van der Waals surface area contributed by atoms with Crippen LogP contribution in [0.3, 0.4) is 0 Å². The first-order chi connectivity index (χ1) is 9.01. The van der Waals surface area contributed by atoms with Gasteiger partial charge in [0.15, 0.2) is 0 Å². The zero-order valence-electron chi connectivity index (χ0n) is 11.6. The molecule has 0 aliphatic carbocycles. The lowest BCUT2D eigenvalue weighted by atomic mass is 9.98. The van der Waals surface area contributed by atoms with Crippen molar-refractivity contribution in [1.82, 2.24) is 0 Å². The molecule has 112 valence electrons. The topological polar surface area (TPSA) is 93.1 Å². The van der Waals surface area contributed by atoms with Gasteiger partial charge in [0.2, 0.25) is 0 Å². The first-order valence-corrected chi connectivity index (χ1v) is 8.33. The first-order valence-electron chi connectivity index (χ1n) is 6.51. The Labute approximate surface area is 115 Å². The number of carboxylic acids is 2. The van der Waals surface area contributed by atoms with E-state index in [0.717, 1.165) is 25.3 Å². The molecular weight excluding hydrogens is 268 g/mol. The van der Waals surface area contributed by atoms with Gasteiger partial charge in [-0.2, -0.15) is 0 Å². The molecule has 0 fully saturated rings. The molecule has 0 spiro atoms. The third-order valence-electron chi connectivity index (χ3n) is 3.04. The van der Waals surface area contributed by atoms with Gasteiger partial charge in [-0.3, -0.25) is 9.59 Å². The van der Waals surface area contributed by atoms with Crippen molar-refractivity contribution in [2.24, 2.45) is 5.92 Å². The highest BCUT2D eigenvalue weighted by molar-refractivity contribution is 6.36. The number of carbonyl (C=O) groups is 2. The Morgan fingerprint density at radius 2 is 1.74 bits per heavy atom. The second-order valence-electron chi connectivity index (χ2n) is 4.53. The summed E-state index contributed by atoms with van der Waals surface area (Å²) in [5.41, 5.74) is 0. The summed E-state index contributed by atoms with van der Waals surface area (Å²) in [6, 6.07) is 1.09. The van der Waals surface area contributed by atoms with Gasteiger partial charge in [-0.1, -0.05) is 25.3 Å². The molecule has 0 bridgehead atoms. The maximum Gasteiger partial charge on any atom is 0.307 e. The second-order valence-corrected chi connectivity index (χ2v) is 6.48. The van der Waals surface area contributed by atoms with Gasteiger partial charge in [-0.15, -0.1) is 0 Å². The van der Waals surface area contributed by atoms with Crippen molar-refractivity contribution in [1.29, 1.82) is 0 Å². The minimum absolute atomic E-state index is 0.0428. The van der Waals surface area contributed by atoms with Crippen LogP contribution < -0.4 is 0 Å². The summed E-state index contributed by atoms with van der Waals surface area (Å²) in [6.45, 7) is 0. The SMILES string of the molecule is COC(OC)[SiH2]CCCCCC(CC(=O)O)C(=O)O. The largest absolute Gasteiger partial charge is 0.481 e. The molecule has 0 aromatic rings. The van der Waals surface area contributed by atoms with Gasteiger partial charge in [0.25, 0.3) is 0 Å². The molecule has 19 heavy (non-hydrogen) atoms. The lowest BCUT2D eigenvalue weighted by molar-refractivity contribution is -0.148. The van der Waals surface area contributed by atoms with Crippen LogP contribution in [0.25, 0.3) is 0 Å².